The van der Waals surface area contributed by atoms with Gasteiger partial charge in [-0.15, -0.1) is 0 Å². The first-order valence-electron chi connectivity index (χ1n) is 8.36. The molecule has 2 heterocycles. The summed E-state index contributed by atoms with van der Waals surface area (Å²) >= 11 is 0. The zero-order valence-corrected chi connectivity index (χ0v) is 14.6. The summed E-state index contributed by atoms with van der Waals surface area (Å²) < 4.78 is 1.59. The predicted molar refractivity (Wildman–Crippen MR) is 97.1 cm³/mol. The minimum atomic E-state index is -0.358. The molecule has 1 atom stereocenters. The molecular formula is C19H19N5O2. The molecule has 1 N–H and O–H groups in total. The molecule has 2 aromatic heterocycles. The van der Waals surface area contributed by atoms with Crippen LogP contribution in [0.2, 0.25) is 0 Å². The number of carbonyl (C=O) groups excluding carboxylic acids is 2. The maximum Gasteiger partial charge on any atom is 0.274 e. The highest BCUT2D eigenvalue weighted by Gasteiger charge is 2.22. The lowest BCUT2D eigenvalue weighted by molar-refractivity contribution is 0.0980. The lowest BCUT2D eigenvalue weighted by Gasteiger charge is -2.16. The van der Waals surface area contributed by atoms with E-state index in [1.807, 2.05) is 37.3 Å². The van der Waals surface area contributed by atoms with E-state index in [0.29, 0.717) is 17.8 Å². The fourth-order valence-electron chi connectivity index (χ4n) is 2.61. The molecule has 0 saturated carbocycles. The fraction of sp³-hybridized carbons (Fsp3) is 0.211. The van der Waals surface area contributed by atoms with Gasteiger partial charge in [-0.25, -0.2) is 0 Å². The lowest BCUT2D eigenvalue weighted by atomic mass is 10.1. The minimum Gasteiger partial charge on any atom is -0.319 e. The van der Waals surface area contributed by atoms with Gasteiger partial charge in [0.15, 0.2) is 5.78 Å². The van der Waals surface area contributed by atoms with E-state index in [2.05, 4.69) is 20.6 Å². The van der Waals surface area contributed by atoms with E-state index in [9.17, 15) is 9.59 Å². The summed E-state index contributed by atoms with van der Waals surface area (Å²) in [5.74, 6) is -0.466. The van der Waals surface area contributed by atoms with Gasteiger partial charge in [-0.2, -0.15) is 15.3 Å². The summed E-state index contributed by atoms with van der Waals surface area (Å²) in [5.41, 5.74) is 2.11. The van der Waals surface area contributed by atoms with E-state index in [0.717, 1.165) is 5.56 Å². The second-order valence-corrected chi connectivity index (χ2v) is 5.81. The minimum absolute atomic E-state index is 0.108. The van der Waals surface area contributed by atoms with Crippen molar-refractivity contribution in [3.63, 3.8) is 0 Å². The Bertz CT molecular complexity index is 906. The van der Waals surface area contributed by atoms with Crippen molar-refractivity contribution in [3.05, 3.63) is 71.8 Å². The van der Waals surface area contributed by atoms with Gasteiger partial charge in [-0.05, 0) is 18.6 Å². The van der Waals surface area contributed by atoms with E-state index in [4.69, 9.17) is 0 Å². The second kappa shape index (κ2) is 7.69. The van der Waals surface area contributed by atoms with Gasteiger partial charge >= 0.3 is 0 Å². The van der Waals surface area contributed by atoms with Crippen molar-refractivity contribution in [1.82, 2.24) is 20.0 Å². The Morgan fingerprint density at radius 3 is 2.58 bits per heavy atom. The van der Waals surface area contributed by atoms with E-state index in [1.54, 1.807) is 17.7 Å². The third kappa shape index (κ3) is 3.66. The molecule has 132 valence electrons. The van der Waals surface area contributed by atoms with Crippen molar-refractivity contribution in [2.24, 2.45) is 0 Å². The molecule has 1 aromatic carbocycles. The Labute approximate surface area is 151 Å². The third-order valence-corrected chi connectivity index (χ3v) is 4.07. The number of Topliss-reactive ketones (excluding diaryl/α,β-unsaturated/α-hetero) is 1. The molecule has 7 nitrogen and oxygen atoms in total. The van der Waals surface area contributed by atoms with E-state index in [-0.39, 0.29) is 23.4 Å². The highest BCUT2D eigenvalue weighted by molar-refractivity contribution is 6.05. The number of anilines is 1. The monoisotopic (exact) mass is 349 g/mol. The van der Waals surface area contributed by atoms with Crippen molar-refractivity contribution in [3.8, 4) is 0 Å². The summed E-state index contributed by atoms with van der Waals surface area (Å²) in [6.45, 7) is 3.71. The zero-order chi connectivity index (χ0) is 18.5. The highest BCUT2D eigenvalue weighted by atomic mass is 16.2. The number of hydrogen-bond donors (Lipinski definition) is 1. The largest absolute Gasteiger partial charge is 0.319 e. The van der Waals surface area contributed by atoms with Gasteiger partial charge < -0.3 is 5.32 Å². The molecule has 7 heteroatoms. The number of benzene rings is 1. The van der Waals surface area contributed by atoms with E-state index >= 15 is 0 Å². The Kier molecular flexibility index (Phi) is 5.17. The molecular weight excluding hydrogens is 330 g/mol. The molecule has 3 aromatic rings. The number of ketones is 1. The maximum atomic E-state index is 12.8. The van der Waals surface area contributed by atoms with Crippen LogP contribution in [0, 0.1) is 0 Å². The van der Waals surface area contributed by atoms with Crippen LogP contribution in [0.25, 0.3) is 0 Å². The molecule has 26 heavy (non-hydrogen) atoms. The average Bonchev–Trinajstić information content (AvgIpc) is 3.14. The first-order chi connectivity index (χ1) is 12.6. The Morgan fingerprint density at radius 1 is 1.15 bits per heavy atom. The van der Waals surface area contributed by atoms with Crippen LogP contribution < -0.4 is 5.32 Å². The molecule has 0 unspecified atom stereocenters. The number of hydrogen-bond acceptors (Lipinski definition) is 5. The van der Waals surface area contributed by atoms with Gasteiger partial charge in [0.2, 0.25) is 0 Å². The van der Waals surface area contributed by atoms with Gasteiger partial charge in [0.05, 0.1) is 24.1 Å². The topological polar surface area (TPSA) is 89.8 Å². The summed E-state index contributed by atoms with van der Waals surface area (Å²) in [7, 11) is 0. The Balaban J connectivity index is 1.98. The lowest BCUT2D eigenvalue weighted by Crippen LogP contribution is -2.20. The van der Waals surface area contributed by atoms with Crippen molar-refractivity contribution in [2.45, 2.75) is 26.3 Å². The molecule has 1 amide bonds. The van der Waals surface area contributed by atoms with Gasteiger partial charge in [-0.3, -0.25) is 14.3 Å². The van der Waals surface area contributed by atoms with Crippen LogP contribution in [-0.2, 0) is 0 Å². The maximum absolute atomic E-state index is 12.8. The number of nitrogens with zero attached hydrogens (tertiary/aromatic N) is 4. The second-order valence-electron chi connectivity index (χ2n) is 5.81. The fourth-order valence-corrected chi connectivity index (χ4v) is 2.61. The SMILES string of the molecule is CCC(=O)c1cc(C(=O)Nc2ccnnc2)n([C@@H](C)c2ccccc2)n1. The molecule has 0 saturated heterocycles. The number of carbonyl (C=O) groups is 2. The van der Waals surface area contributed by atoms with Crippen LogP contribution in [0.4, 0.5) is 5.69 Å². The predicted octanol–water partition coefficient (Wildman–Crippen LogP) is 3.13. The molecule has 0 aliphatic rings. The Hall–Kier alpha value is -3.35. The first-order valence-corrected chi connectivity index (χ1v) is 8.36. The molecule has 3 rings (SSSR count). The third-order valence-electron chi connectivity index (χ3n) is 4.07. The first kappa shape index (κ1) is 17.5. The molecule has 0 fully saturated rings. The number of amides is 1. The van der Waals surface area contributed by atoms with Crippen LogP contribution in [0.5, 0.6) is 0 Å². The molecule has 0 aliphatic carbocycles. The molecule has 0 bridgehead atoms. The quantitative estimate of drug-likeness (QED) is 0.691. The van der Waals surface area contributed by atoms with E-state index in [1.165, 1.54) is 18.5 Å². The molecule has 0 radical (unpaired) electrons. The number of rotatable bonds is 6. The van der Waals surface area contributed by atoms with Crippen LogP contribution >= 0.6 is 0 Å². The van der Waals surface area contributed by atoms with Crippen molar-refractivity contribution in [2.75, 3.05) is 5.32 Å². The van der Waals surface area contributed by atoms with Crippen molar-refractivity contribution >= 4 is 17.4 Å². The summed E-state index contributed by atoms with van der Waals surface area (Å²) in [4.78, 5) is 24.9. The van der Waals surface area contributed by atoms with Crippen molar-refractivity contribution < 1.29 is 9.59 Å². The van der Waals surface area contributed by atoms with Crippen LogP contribution in [0.15, 0.2) is 54.9 Å². The highest BCUT2D eigenvalue weighted by Crippen LogP contribution is 2.21. The van der Waals surface area contributed by atoms with Gasteiger partial charge in [0.25, 0.3) is 5.91 Å². The van der Waals surface area contributed by atoms with Crippen molar-refractivity contribution in [1.29, 1.82) is 0 Å². The van der Waals surface area contributed by atoms with Crippen LogP contribution in [-0.4, -0.2) is 31.7 Å². The number of nitrogens with one attached hydrogen (secondary N) is 1. The van der Waals surface area contributed by atoms with Gasteiger partial charge in [0, 0.05) is 12.5 Å². The summed E-state index contributed by atoms with van der Waals surface area (Å²) in [6.07, 6.45) is 3.27. The summed E-state index contributed by atoms with van der Waals surface area (Å²) in [6, 6.07) is 12.7. The number of aromatic nitrogens is 4. The van der Waals surface area contributed by atoms with Crippen LogP contribution in [0.3, 0.4) is 0 Å². The molecule has 0 aliphatic heterocycles. The molecule has 0 spiro atoms. The van der Waals surface area contributed by atoms with E-state index < -0.39 is 0 Å². The Morgan fingerprint density at radius 2 is 1.92 bits per heavy atom. The van der Waals surface area contributed by atoms with Gasteiger partial charge in [0.1, 0.15) is 11.4 Å². The average molecular weight is 349 g/mol. The van der Waals surface area contributed by atoms with Crippen LogP contribution in [0.1, 0.15) is 52.9 Å². The zero-order valence-electron chi connectivity index (χ0n) is 14.6. The smallest absolute Gasteiger partial charge is 0.274 e. The standard InChI is InChI=1S/C19H19N5O2/c1-3-18(25)16-11-17(19(26)22-15-9-10-20-21-12-15)24(23-16)13(2)14-7-5-4-6-8-14/h4-13H,3H2,1-2H3,(H,20,22,26)/t13-/m0/s1. The summed E-state index contributed by atoms with van der Waals surface area (Å²) in [5, 5.41) is 14.6. The normalized spacial score (nSPS) is 11.8. The van der Waals surface area contributed by atoms with Gasteiger partial charge in [-0.1, -0.05) is 37.3 Å².